The van der Waals surface area contributed by atoms with Gasteiger partial charge in [-0.3, -0.25) is 14.0 Å². The summed E-state index contributed by atoms with van der Waals surface area (Å²) >= 11 is 0. The number of anilines is 1. The summed E-state index contributed by atoms with van der Waals surface area (Å²) < 4.78 is 7.16. The first-order chi connectivity index (χ1) is 12.0. The van der Waals surface area contributed by atoms with Crippen LogP contribution in [-0.4, -0.2) is 15.3 Å². The van der Waals surface area contributed by atoms with E-state index in [0.717, 1.165) is 0 Å². The lowest BCUT2D eigenvalue weighted by molar-refractivity contribution is -0.118. The predicted octanol–water partition coefficient (Wildman–Crippen LogP) is 2.87. The zero-order chi connectivity index (χ0) is 17.8. The van der Waals surface area contributed by atoms with Crippen LogP contribution in [0, 0.1) is 5.92 Å². The standard InChI is InChI=1S/C19H19N3O3/c1-13(2)19(24)21-14-6-8-16(9-7-14)25-12-15-11-18(23)22-10-4-3-5-17(22)20-15/h3-11,13H,12H2,1-2H3,(H,21,24). The second kappa shape index (κ2) is 7.17. The summed E-state index contributed by atoms with van der Waals surface area (Å²) in [6.45, 7) is 3.87. The van der Waals surface area contributed by atoms with E-state index in [0.29, 0.717) is 22.8 Å². The van der Waals surface area contributed by atoms with Gasteiger partial charge in [-0.15, -0.1) is 0 Å². The van der Waals surface area contributed by atoms with Gasteiger partial charge in [0.2, 0.25) is 5.91 Å². The summed E-state index contributed by atoms with van der Waals surface area (Å²) in [6.07, 6.45) is 1.68. The average Bonchev–Trinajstić information content (AvgIpc) is 2.61. The summed E-state index contributed by atoms with van der Waals surface area (Å²) in [5.74, 6) is 0.529. The van der Waals surface area contributed by atoms with Crippen LogP contribution in [0.4, 0.5) is 5.69 Å². The number of benzene rings is 1. The van der Waals surface area contributed by atoms with Gasteiger partial charge >= 0.3 is 0 Å². The van der Waals surface area contributed by atoms with Crippen LogP contribution in [0.5, 0.6) is 5.75 Å². The highest BCUT2D eigenvalue weighted by Gasteiger charge is 2.07. The van der Waals surface area contributed by atoms with Gasteiger partial charge in [0.05, 0.1) is 5.69 Å². The number of ether oxygens (including phenoxy) is 1. The first kappa shape index (κ1) is 16.7. The Morgan fingerprint density at radius 3 is 2.68 bits per heavy atom. The van der Waals surface area contributed by atoms with Crippen molar-refractivity contribution in [2.24, 2.45) is 5.92 Å². The Bertz CT molecular complexity index is 946. The lowest BCUT2D eigenvalue weighted by Crippen LogP contribution is -2.17. The molecule has 0 aliphatic heterocycles. The second-order valence-corrected chi connectivity index (χ2v) is 5.97. The Hall–Kier alpha value is -3.15. The molecule has 0 spiro atoms. The number of amides is 1. The van der Waals surface area contributed by atoms with Gasteiger partial charge in [0, 0.05) is 23.9 Å². The van der Waals surface area contributed by atoms with Crippen molar-refractivity contribution in [3.63, 3.8) is 0 Å². The molecule has 0 unspecified atom stereocenters. The number of carbonyl (C=O) groups excluding carboxylic acids is 1. The van der Waals surface area contributed by atoms with Gasteiger partial charge in [0.25, 0.3) is 5.56 Å². The molecule has 6 nitrogen and oxygen atoms in total. The predicted molar refractivity (Wildman–Crippen MR) is 95.7 cm³/mol. The van der Waals surface area contributed by atoms with Gasteiger partial charge in [-0.05, 0) is 36.4 Å². The molecule has 3 rings (SSSR count). The van der Waals surface area contributed by atoms with Gasteiger partial charge in [-0.1, -0.05) is 19.9 Å². The number of nitrogens with one attached hydrogen (secondary N) is 1. The Morgan fingerprint density at radius 1 is 1.20 bits per heavy atom. The quantitative estimate of drug-likeness (QED) is 0.777. The Morgan fingerprint density at radius 2 is 1.96 bits per heavy atom. The molecule has 2 aromatic heterocycles. The second-order valence-electron chi connectivity index (χ2n) is 5.97. The van der Waals surface area contributed by atoms with Crippen LogP contribution in [-0.2, 0) is 11.4 Å². The topological polar surface area (TPSA) is 72.7 Å². The molecule has 0 aliphatic rings. The largest absolute Gasteiger partial charge is 0.487 e. The van der Waals surface area contributed by atoms with Gasteiger partial charge < -0.3 is 10.1 Å². The minimum absolute atomic E-state index is 0.0329. The van der Waals surface area contributed by atoms with Crippen LogP contribution in [0.2, 0.25) is 0 Å². The van der Waals surface area contributed by atoms with Gasteiger partial charge in [-0.2, -0.15) is 0 Å². The number of carbonyl (C=O) groups is 1. The summed E-state index contributed by atoms with van der Waals surface area (Å²) in [5, 5.41) is 2.82. The van der Waals surface area contributed by atoms with Crippen molar-refractivity contribution in [2.45, 2.75) is 20.5 Å². The van der Waals surface area contributed by atoms with Crippen molar-refractivity contribution < 1.29 is 9.53 Å². The lowest BCUT2D eigenvalue weighted by atomic mass is 10.2. The molecule has 1 aromatic carbocycles. The molecule has 25 heavy (non-hydrogen) atoms. The van der Waals surface area contributed by atoms with Crippen molar-refractivity contribution in [1.82, 2.24) is 9.38 Å². The van der Waals surface area contributed by atoms with Crippen LogP contribution in [0.15, 0.2) is 59.5 Å². The molecule has 2 heterocycles. The zero-order valence-electron chi connectivity index (χ0n) is 14.1. The third-order valence-corrected chi connectivity index (χ3v) is 3.66. The van der Waals surface area contributed by atoms with E-state index in [1.165, 1.54) is 10.5 Å². The van der Waals surface area contributed by atoms with E-state index in [-0.39, 0.29) is 24.0 Å². The summed E-state index contributed by atoms with van der Waals surface area (Å²) in [7, 11) is 0. The van der Waals surface area contributed by atoms with Crippen molar-refractivity contribution in [1.29, 1.82) is 0 Å². The fourth-order valence-corrected chi connectivity index (χ4v) is 2.26. The fraction of sp³-hybridized carbons (Fsp3) is 0.211. The lowest BCUT2D eigenvalue weighted by Gasteiger charge is -2.10. The molecule has 128 valence electrons. The molecule has 1 amide bonds. The summed E-state index contributed by atoms with van der Waals surface area (Å²) in [4.78, 5) is 28.1. The molecule has 3 aromatic rings. The van der Waals surface area contributed by atoms with E-state index in [1.807, 2.05) is 19.9 Å². The van der Waals surface area contributed by atoms with Crippen molar-refractivity contribution in [2.75, 3.05) is 5.32 Å². The number of pyridine rings is 1. The van der Waals surface area contributed by atoms with Crippen molar-refractivity contribution >= 4 is 17.2 Å². The molecular weight excluding hydrogens is 318 g/mol. The van der Waals surface area contributed by atoms with E-state index in [2.05, 4.69) is 10.3 Å². The molecule has 1 N–H and O–H groups in total. The van der Waals surface area contributed by atoms with Crippen LogP contribution in [0.3, 0.4) is 0 Å². The number of nitrogens with zero attached hydrogens (tertiary/aromatic N) is 2. The highest BCUT2D eigenvalue weighted by Crippen LogP contribution is 2.17. The van der Waals surface area contributed by atoms with Gasteiger partial charge in [0.1, 0.15) is 18.0 Å². The van der Waals surface area contributed by atoms with E-state index < -0.39 is 0 Å². The fourth-order valence-electron chi connectivity index (χ4n) is 2.26. The van der Waals surface area contributed by atoms with Crippen LogP contribution in [0.25, 0.3) is 5.65 Å². The Labute approximate surface area is 145 Å². The molecule has 6 heteroatoms. The molecule has 0 fully saturated rings. The van der Waals surface area contributed by atoms with Crippen LogP contribution in [0.1, 0.15) is 19.5 Å². The van der Waals surface area contributed by atoms with E-state index in [9.17, 15) is 9.59 Å². The summed E-state index contributed by atoms with van der Waals surface area (Å²) in [6, 6.07) is 13.9. The maximum Gasteiger partial charge on any atom is 0.258 e. The normalized spacial score (nSPS) is 10.8. The number of hydrogen-bond donors (Lipinski definition) is 1. The maximum atomic E-state index is 12.0. The molecule has 0 atom stereocenters. The van der Waals surface area contributed by atoms with E-state index >= 15 is 0 Å². The number of aromatic nitrogens is 2. The average molecular weight is 337 g/mol. The number of fused-ring (bicyclic) bond motifs is 1. The van der Waals surface area contributed by atoms with Crippen molar-refractivity contribution in [3.05, 3.63) is 70.8 Å². The van der Waals surface area contributed by atoms with Crippen LogP contribution >= 0.6 is 0 Å². The monoisotopic (exact) mass is 337 g/mol. The zero-order valence-corrected chi connectivity index (χ0v) is 14.1. The molecule has 0 saturated carbocycles. The highest BCUT2D eigenvalue weighted by atomic mass is 16.5. The third-order valence-electron chi connectivity index (χ3n) is 3.66. The number of rotatable bonds is 5. The third kappa shape index (κ3) is 4.03. The number of hydrogen-bond acceptors (Lipinski definition) is 4. The van der Waals surface area contributed by atoms with E-state index in [1.54, 1.807) is 42.6 Å². The first-order valence-electron chi connectivity index (χ1n) is 8.04. The van der Waals surface area contributed by atoms with Gasteiger partial charge in [0.15, 0.2) is 0 Å². The van der Waals surface area contributed by atoms with Gasteiger partial charge in [-0.25, -0.2) is 4.98 Å². The molecule has 0 aliphatic carbocycles. The highest BCUT2D eigenvalue weighted by molar-refractivity contribution is 5.92. The smallest absolute Gasteiger partial charge is 0.258 e. The Kier molecular flexibility index (Phi) is 4.79. The van der Waals surface area contributed by atoms with E-state index in [4.69, 9.17) is 4.74 Å². The maximum absolute atomic E-state index is 12.0. The molecule has 0 bridgehead atoms. The minimum atomic E-state index is -0.143. The van der Waals surface area contributed by atoms with Crippen molar-refractivity contribution in [3.8, 4) is 5.75 Å². The van der Waals surface area contributed by atoms with Crippen LogP contribution < -0.4 is 15.6 Å². The molecule has 0 saturated heterocycles. The first-order valence-corrected chi connectivity index (χ1v) is 8.04. The summed E-state index contributed by atoms with van der Waals surface area (Å²) in [5.41, 5.74) is 1.72. The Balaban J connectivity index is 1.67. The molecule has 0 radical (unpaired) electrons. The molecular formula is C19H19N3O3. The minimum Gasteiger partial charge on any atom is -0.487 e. The SMILES string of the molecule is CC(C)C(=O)Nc1ccc(OCc2cc(=O)n3ccccc3n2)cc1.